The van der Waals surface area contributed by atoms with E-state index in [-0.39, 0.29) is 12.4 Å². The number of hydrogen-bond donors (Lipinski definition) is 1. The number of nitrogens with zero attached hydrogens (tertiary/aromatic N) is 1. The zero-order chi connectivity index (χ0) is 17.8. The van der Waals surface area contributed by atoms with Crippen LogP contribution in [0.5, 0.6) is 5.75 Å². The number of carbonyl (C=O) groups is 3. The summed E-state index contributed by atoms with van der Waals surface area (Å²) in [5, 5.41) is 10.0. The lowest BCUT2D eigenvalue weighted by atomic mass is 9.56. The van der Waals surface area contributed by atoms with Crippen molar-refractivity contribution in [3.63, 3.8) is 0 Å². The van der Waals surface area contributed by atoms with Gasteiger partial charge in [0.25, 0.3) is 5.91 Å². The minimum atomic E-state index is -1.50. The normalized spacial score (nSPS) is 30.5. The van der Waals surface area contributed by atoms with Crippen LogP contribution in [-0.2, 0) is 31.1 Å². The van der Waals surface area contributed by atoms with Crippen LogP contribution in [0.15, 0.2) is 18.2 Å². The van der Waals surface area contributed by atoms with Crippen LogP contribution in [0.3, 0.4) is 0 Å². The summed E-state index contributed by atoms with van der Waals surface area (Å²) in [5.74, 6) is -1.78. The van der Waals surface area contributed by atoms with Crippen LogP contribution in [0.4, 0.5) is 0 Å². The topological polar surface area (TPSA) is 83.9 Å². The van der Waals surface area contributed by atoms with Gasteiger partial charge in [0.15, 0.2) is 5.41 Å². The summed E-state index contributed by atoms with van der Waals surface area (Å²) in [7, 11) is 0. The molecule has 6 nitrogen and oxygen atoms in total. The Hall–Kier alpha value is -2.37. The van der Waals surface area contributed by atoms with Crippen molar-refractivity contribution in [3.05, 3.63) is 29.3 Å². The van der Waals surface area contributed by atoms with E-state index in [0.717, 1.165) is 17.5 Å². The average molecular weight is 343 g/mol. The molecule has 25 heavy (non-hydrogen) atoms. The molecule has 2 heterocycles. The molecule has 0 unspecified atom stereocenters. The molecule has 132 valence electrons. The maximum absolute atomic E-state index is 13.1. The van der Waals surface area contributed by atoms with Crippen LogP contribution in [0.2, 0.25) is 0 Å². The lowest BCUT2D eigenvalue weighted by Gasteiger charge is -2.52. The Morgan fingerprint density at radius 3 is 2.80 bits per heavy atom. The highest BCUT2D eigenvalue weighted by Gasteiger charge is 2.74. The maximum Gasteiger partial charge on any atom is 0.323 e. The number of phenols is 1. The van der Waals surface area contributed by atoms with Crippen LogP contribution in [0.1, 0.15) is 43.7 Å². The molecule has 1 amide bonds. The molecule has 0 radical (unpaired) electrons. The number of rotatable bonds is 2. The van der Waals surface area contributed by atoms with E-state index in [4.69, 9.17) is 4.74 Å². The molecule has 1 N–H and O–H groups in total. The van der Waals surface area contributed by atoms with E-state index in [2.05, 4.69) is 0 Å². The zero-order valence-electron chi connectivity index (χ0n) is 14.2. The van der Waals surface area contributed by atoms with E-state index in [1.54, 1.807) is 24.0 Å². The fourth-order valence-corrected chi connectivity index (χ4v) is 5.16. The van der Waals surface area contributed by atoms with E-state index >= 15 is 0 Å². The maximum atomic E-state index is 13.1. The van der Waals surface area contributed by atoms with Crippen molar-refractivity contribution in [3.8, 4) is 5.75 Å². The molecule has 6 heteroatoms. The summed E-state index contributed by atoms with van der Waals surface area (Å²) < 4.78 is 5.29. The Balaban J connectivity index is 2.03. The highest BCUT2D eigenvalue weighted by Crippen LogP contribution is 2.61. The van der Waals surface area contributed by atoms with Gasteiger partial charge in [0.1, 0.15) is 5.75 Å². The number of fused-ring (bicyclic) bond motifs is 1. The predicted molar refractivity (Wildman–Crippen MR) is 87.7 cm³/mol. The lowest BCUT2D eigenvalue weighted by Crippen LogP contribution is -2.60. The van der Waals surface area contributed by atoms with E-state index in [0.29, 0.717) is 32.2 Å². The van der Waals surface area contributed by atoms with E-state index in [9.17, 15) is 19.5 Å². The monoisotopic (exact) mass is 343 g/mol. The first-order chi connectivity index (χ1) is 12.0. The van der Waals surface area contributed by atoms with Gasteiger partial charge < -0.3 is 14.7 Å². The van der Waals surface area contributed by atoms with Gasteiger partial charge in [-0.25, -0.2) is 0 Å². The molecule has 3 aliphatic rings. The second-order valence-corrected chi connectivity index (χ2v) is 7.07. The summed E-state index contributed by atoms with van der Waals surface area (Å²) in [6.45, 7) is 2.26. The molecule has 4 rings (SSSR count). The van der Waals surface area contributed by atoms with Gasteiger partial charge in [0, 0.05) is 6.54 Å². The number of esters is 1. The van der Waals surface area contributed by atoms with Gasteiger partial charge in [0.05, 0.1) is 12.1 Å². The molecule has 2 fully saturated rings. The van der Waals surface area contributed by atoms with Gasteiger partial charge in [0.2, 0.25) is 5.78 Å². The zero-order valence-corrected chi connectivity index (χ0v) is 14.2. The highest BCUT2D eigenvalue weighted by atomic mass is 16.5. The Bertz CT molecular complexity index is 788. The highest BCUT2D eigenvalue weighted by molar-refractivity contribution is 6.45. The van der Waals surface area contributed by atoms with Gasteiger partial charge in [-0.3, -0.25) is 14.4 Å². The number of ether oxygens (including phenoxy) is 1. The standard InChI is InChI=1S/C19H21NO5/c1-2-25-17(24)18-8-3-4-9-19(18)14-11-13(21)6-5-12(14)7-10-20(19)16(23)15(18)22/h5-6,11,21H,2-4,7-10H2,1H3/t18-,19+/m0/s1. The third-order valence-electron chi connectivity index (χ3n) is 6.10. The van der Waals surface area contributed by atoms with Crippen LogP contribution in [-0.4, -0.2) is 40.8 Å². The van der Waals surface area contributed by atoms with Crippen molar-refractivity contribution in [2.45, 2.75) is 44.6 Å². The first kappa shape index (κ1) is 16.1. The summed E-state index contributed by atoms with van der Waals surface area (Å²) in [6.07, 6.45) is 2.95. The number of phenolic OH excluding ortho intramolecular Hbond substituents is 1. The quantitative estimate of drug-likeness (QED) is 0.502. The van der Waals surface area contributed by atoms with Gasteiger partial charge in [-0.2, -0.15) is 0 Å². The van der Waals surface area contributed by atoms with Crippen LogP contribution in [0, 0.1) is 5.41 Å². The van der Waals surface area contributed by atoms with Gasteiger partial charge >= 0.3 is 5.97 Å². The minimum Gasteiger partial charge on any atom is -0.508 e. The number of benzene rings is 1. The molecule has 1 saturated heterocycles. The first-order valence-electron chi connectivity index (χ1n) is 8.85. The number of Topliss-reactive ketones (excluding diaryl/α,β-unsaturated/α-hetero) is 1. The van der Waals surface area contributed by atoms with Gasteiger partial charge in [-0.1, -0.05) is 18.9 Å². The van der Waals surface area contributed by atoms with Crippen molar-refractivity contribution >= 4 is 17.7 Å². The van der Waals surface area contributed by atoms with Crippen LogP contribution < -0.4 is 0 Å². The summed E-state index contributed by atoms with van der Waals surface area (Å²) >= 11 is 0. The molecular formula is C19H21NO5. The van der Waals surface area contributed by atoms with Crippen molar-refractivity contribution in [2.75, 3.05) is 13.2 Å². The molecule has 0 aromatic heterocycles. The van der Waals surface area contributed by atoms with E-state index in [1.165, 1.54) is 0 Å². The minimum absolute atomic E-state index is 0.0742. The van der Waals surface area contributed by atoms with Gasteiger partial charge in [-0.15, -0.1) is 0 Å². The van der Waals surface area contributed by atoms with Crippen LogP contribution in [0.25, 0.3) is 0 Å². The van der Waals surface area contributed by atoms with Crippen LogP contribution >= 0.6 is 0 Å². The molecule has 1 saturated carbocycles. The number of ketones is 1. The Kier molecular flexibility index (Phi) is 3.42. The molecule has 1 aliphatic carbocycles. The Morgan fingerprint density at radius 2 is 2.04 bits per heavy atom. The first-order valence-corrected chi connectivity index (χ1v) is 8.85. The largest absolute Gasteiger partial charge is 0.508 e. The van der Waals surface area contributed by atoms with Gasteiger partial charge in [-0.05, 0) is 49.4 Å². The second kappa shape index (κ2) is 5.31. The molecule has 2 atom stereocenters. The third-order valence-corrected chi connectivity index (χ3v) is 6.10. The molecule has 1 aromatic rings. The van der Waals surface area contributed by atoms with Crippen molar-refractivity contribution in [2.24, 2.45) is 5.41 Å². The number of amides is 1. The summed E-state index contributed by atoms with van der Waals surface area (Å²) in [5.41, 5.74) is -0.822. The van der Waals surface area contributed by atoms with Crippen molar-refractivity contribution < 1.29 is 24.2 Å². The predicted octanol–water partition coefficient (Wildman–Crippen LogP) is 1.68. The fraction of sp³-hybridized carbons (Fsp3) is 0.526. The number of hydrogen-bond acceptors (Lipinski definition) is 5. The third kappa shape index (κ3) is 1.77. The van der Waals surface area contributed by atoms with E-state index < -0.39 is 28.6 Å². The number of aromatic hydroxyl groups is 1. The molecule has 2 aliphatic heterocycles. The smallest absolute Gasteiger partial charge is 0.323 e. The Morgan fingerprint density at radius 1 is 1.28 bits per heavy atom. The molecule has 0 bridgehead atoms. The summed E-state index contributed by atoms with van der Waals surface area (Å²) in [6, 6.07) is 5.06. The lowest BCUT2D eigenvalue weighted by molar-refractivity contribution is -0.169. The fourth-order valence-electron chi connectivity index (χ4n) is 5.16. The molecule has 1 spiro atoms. The van der Waals surface area contributed by atoms with Crippen molar-refractivity contribution in [1.82, 2.24) is 4.90 Å². The van der Waals surface area contributed by atoms with E-state index in [1.807, 2.05) is 6.07 Å². The number of carbonyl (C=O) groups excluding carboxylic acids is 3. The molecule has 1 aromatic carbocycles. The average Bonchev–Trinajstić information content (AvgIpc) is 2.82. The Labute approximate surface area is 145 Å². The molecular weight excluding hydrogens is 322 g/mol. The SMILES string of the molecule is CCOC(=O)[C@@]12CCCC[C@@]13c1cc(O)ccc1CCN3C(=O)C2=O. The van der Waals surface area contributed by atoms with Crippen molar-refractivity contribution in [1.29, 1.82) is 0 Å². The summed E-state index contributed by atoms with van der Waals surface area (Å²) in [4.78, 5) is 40.5. The second-order valence-electron chi connectivity index (χ2n) is 7.07.